The molecule has 1 aliphatic heterocycles. The number of alkyl carbamates (subject to hydrolysis) is 1. The second-order valence-electron chi connectivity index (χ2n) is 9.94. The van der Waals surface area contributed by atoms with E-state index in [-0.39, 0.29) is 19.3 Å². The molecule has 0 bridgehead atoms. The van der Waals surface area contributed by atoms with Crippen LogP contribution in [-0.2, 0) is 33.4 Å². The van der Waals surface area contributed by atoms with Gasteiger partial charge in [0, 0.05) is 19.4 Å². The molecule has 1 fully saturated rings. The fraction of sp³-hybridized carbons (Fsp3) is 0.818. The fourth-order valence-corrected chi connectivity index (χ4v) is 2.72. The van der Waals surface area contributed by atoms with E-state index in [2.05, 4.69) is 5.32 Å². The van der Waals surface area contributed by atoms with Gasteiger partial charge in [-0.15, -0.1) is 5.06 Å². The van der Waals surface area contributed by atoms with Gasteiger partial charge < -0.3 is 24.4 Å². The van der Waals surface area contributed by atoms with E-state index in [4.69, 9.17) is 19.0 Å². The number of hydroxylamine groups is 2. The number of imide groups is 1. The van der Waals surface area contributed by atoms with E-state index in [9.17, 15) is 19.2 Å². The van der Waals surface area contributed by atoms with Gasteiger partial charge in [0.05, 0.1) is 30.8 Å². The zero-order valence-electron chi connectivity index (χ0n) is 20.4. The molecule has 32 heavy (non-hydrogen) atoms. The molecule has 0 unspecified atom stereocenters. The molecule has 0 aromatic carbocycles. The Morgan fingerprint density at radius 1 is 0.875 bits per heavy atom. The van der Waals surface area contributed by atoms with Crippen molar-refractivity contribution in [3.8, 4) is 0 Å². The van der Waals surface area contributed by atoms with Gasteiger partial charge in [0.25, 0.3) is 11.8 Å². The van der Waals surface area contributed by atoms with Gasteiger partial charge in [-0.05, 0) is 61.3 Å². The minimum atomic E-state index is -0.647. The second kappa shape index (κ2) is 11.6. The lowest BCUT2D eigenvalue weighted by Gasteiger charge is -2.30. The molecule has 0 atom stereocenters. The summed E-state index contributed by atoms with van der Waals surface area (Å²) in [5.41, 5.74) is -1.62. The van der Waals surface area contributed by atoms with Crippen LogP contribution in [0.15, 0.2) is 0 Å². The number of amides is 3. The SMILES string of the molecule is CC(C)(C)OC(=O)NCCOC(C)(C)CCOC(C)(C)CCC(=O)ON1C(=O)CCC1=O. The van der Waals surface area contributed by atoms with Gasteiger partial charge in [-0.3, -0.25) is 9.59 Å². The van der Waals surface area contributed by atoms with Crippen LogP contribution in [0.3, 0.4) is 0 Å². The van der Waals surface area contributed by atoms with E-state index in [0.717, 1.165) is 0 Å². The molecule has 0 aliphatic carbocycles. The molecule has 0 aromatic heterocycles. The van der Waals surface area contributed by atoms with Crippen LogP contribution in [0.25, 0.3) is 0 Å². The third-order valence-corrected chi connectivity index (χ3v) is 4.59. The molecule has 184 valence electrons. The zero-order valence-corrected chi connectivity index (χ0v) is 20.4. The van der Waals surface area contributed by atoms with Crippen LogP contribution in [-0.4, -0.2) is 65.5 Å². The summed E-state index contributed by atoms with van der Waals surface area (Å²) in [5, 5.41) is 3.19. The summed E-state index contributed by atoms with van der Waals surface area (Å²) < 4.78 is 16.9. The van der Waals surface area contributed by atoms with Gasteiger partial charge in [0.15, 0.2) is 0 Å². The molecule has 0 radical (unpaired) electrons. The number of nitrogens with one attached hydrogen (secondary N) is 1. The van der Waals surface area contributed by atoms with E-state index < -0.39 is 40.7 Å². The highest BCUT2D eigenvalue weighted by molar-refractivity contribution is 6.01. The van der Waals surface area contributed by atoms with Crippen molar-refractivity contribution in [3.05, 3.63) is 0 Å². The van der Waals surface area contributed by atoms with Gasteiger partial charge >= 0.3 is 12.1 Å². The molecule has 0 saturated carbocycles. The molecule has 10 nitrogen and oxygen atoms in total. The predicted octanol–water partition coefficient (Wildman–Crippen LogP) is 2.88. The number of rotatable bonds is 12. The lowest BCUT2D eigenvalue weighted by molar-refractivity contribution is -0.198. The molecule has 1 heterocycles. The summed E-state index contributed by atoms with van der Waals surface area (Å²) in [6.45, 7) is 14.0. The van der Waals surface area contributed by atoms with Crippen molar-refractivity contribution in [2.45, 2.75) is 97.4 Å². The zero-order chi connectivity index (χ0) is 24.6. The molecule has 0 aromatic rings. The maximum Gasteiger partial charge on any atom is 0.407 e. The number of hydrogen-bond acceptors (Lipinski definition) is 8. The predicted molar refractivity (Wildman–Crippen MR) is 115 cm³/mol. The van der Waals surface area contributed by atoms with Gasteiger partial charge in [-0.1, -0.05) is 0 Å². The Labute approximate surface area is 190 Å². The van der Waals surface area contributed by atoms with Gasteiger partial charge in [-0.2, -0.15) is 0 Å². The monoisotopic (exact) mass is 458 g/mol. The van der Waals surface area contributed by atoms with E-state index >= 15 is 0 Å². The number of carbonyl (C=O) groups excluding carboxylic acids is 4. The molecular formula is C22H38N2O8. The normalized spacial score (nSPS) is 15.2. The Balaban J connectivity index is 2.25. The van der Waals surface area contributed by atoms with Crippen LogP contribution in [0.2, 0.25) is 0 Å². The summed E-state index contributed by atoms with van der Waals surface area (Å²) in [6.07, 6.45) is 0.625. The molecule has 1 aliphatic rings. The van der Waals surface area contributed by atoms with Crippen molar-refractivity contribution >= 4 is 23.9 Å². The lowest BCUT2D eigenvalue weighted by Crippen LogP contribution is -2.37. The van der Waals surface area contributed by atoms with Crippen molar-refractivity contribution in [2.24, 2.45) is 0 Å². The summed E-state index contributed by atoms with van der Waals surface area (Å²) in [6, 6.07) is 0. The molecule has 3 amide bonds. The van der Waals surface area contributed by atoms with Gasteiger partial charge in [0.1, 0.15) is 5.60 Å². The summed E-state index contributed by atoms with van der Waals surface area (Å²) in [4.78, 5) is 51.5. The fourth-order valence-electron chi connectivity index (χ4n) is 2.72. The molecular weight excluding hydrogens is 420 g/mol. The summed E-state index contributed by atoms with van der Waals surface area (Å²) in [7, 11) is 0. The molecule has 0 spiro atoms. The maximum atomic E-state index is 12.0. The molecule has 10 heteroatoms. The van der Waals surface area contributed by atoms with Crippen LogP contribution < -0.4 is 5.32 Å². The first-order valence-electron chi connectivity index (χ1n) is 10.9. The highest BCUT2D eigenvalue weighted by Crippen LogP contribution is 2.21. The smallest absolute Gasteiger partial charge is 0.407 e. The Kier molecular flexibility index (Phi) is 10.1. The second-order valence-corrected chi connectivity index (χ2v) is 9.94. The average molecular weight is 459 g/mol. The van der Waals surface area contributed by atoms with Crippen LogP contribution >= 0.6 is 0 Å². The Bertz CT molecular complexity index is 666. The van der Waals surface area contributed by atoms with E-state index in [1.165, 1.54) is 0 Å². The number of ether oxygens (including phenoxy) is 3. The highest BCUT2D eigenvalue weighted by Gasteiger charge is 2.33. The van der Waals surface area contributed by atoms with E-state index in [1.54, 1.807) is 20.8 Å². The van der Waals surface area contributed by atoms with E-state index in [0.29, 0.717) is 37.7 Å². The number of nitrogens with zero attached hydrogens (tertiary/aromatic N) is 1. The van der Waals surface area contributed by atoms with Crippen molar-refractivity contribution in [1.29, 1.82) is 0 Å². The largest absolute Gasteiger partial charge is 0.444 e. The Morgan fingerprint density at radius 3 is 1.97 bits per heavy atom. The Morgan fingerprint density at radius 2 is 1.41 bits per heavy atom. The summed E-state index contributed by atoms with van der Waals surface area (Å²) >= 11 is 0. The topological polar surface area (TPSA) is 120 Å². The highest BCUT2D eigenvalue weighted by atomic mass is 16.7. The van der Waals surface area contributed by atoms with Crippen LogP contribution in [0, 0.1) is 0 Å². The number of hydrogen-bond donors (Lipinski definition) is 1. The van der Waals surface area contributed by atoms with E-state index in [1.807, 2.05) is 27.7 Å². The minimum Gasteiger partial charge on any atom is -0.444 e. The van der Waals surface area contributed by atoms with Gasteiger partial charge in [0.2, 0.25) is 0 Å². The molecule has 1 rings (SSSR count). The summed E-state index contributed by atoms with van der Waals surface area (Å²) in [5.74, 6) is -1.64. The quantitative estimate of drug-likeness (QED) is 0.350. The Hall–Kier alpha value is -2.20. The number of carbonyl (C=O) groups is 4. The van der Waals surface area contributed by atoms with Crippen LogP contribution in [0.1, 0.15) is 80.6 Å². The molecule has 1 saturated heterocycles. The van der Waals surface area contributed by atoms with Gasteiger partial charge in [-0.25, -0.2) is 9.59 Å². The first-order chi connectivity index (χ1) is 14.6. The van der Waals surface area contributed by atoms with Crippen molar-refractivity contribution in [2.75, 3.05) is 19.8 Å². The van der Waals surface area contributed by atoms with Crippen molar-refractivity contribution in [1.82, 2.24) is 10.4 Å². The first kappa shape index (κ1) is 27.8. The molecule has 1 N–H and O–H groups in total. The first-order valence-corrected chi connectivity index (χ1v) is 10.9. The van der Waals surface area contributed by atoms with Crippen molar-refractivity contribution in [3.63, 3.8) is 0 Å². The minimum absolute atomic E-state index is 0.0142. The standard InChI is InChI=1S/C22H38N2O8/c1-20(2,3)31-19(28)23-13-15-30-22(6,7)12-14-29-21(4,5)11-10-18(27)32-24-16(25)8-9-17(24)26/h8-15H2,1-7H3,(H,23,28). The maximum absolute atomic E-state index is 12.0. The van der Waals surface area contributed by atoms with Crippen LogP contribution in [0.4, 0.5) is 4.79 Å². The average Bonchev–Trinajstić information content (AvgIpc) is 2.94. The van der Waals surface area contributed by atoms with Crippen molar-refractivity contribution < 1.29 is 38.2 Å². The third kappa shape index (κ3) is 11.4. The third-order valence-electron chi connectivity index (χ3n) is 4.59. The lowest BCUT2D eigenvalue weighted by atomic mass is 10.0. The van der Waals surface area contributed by atoms with Crippen LogP contribution in [0.5, 0.6) is 0 Å².